The number of rotatable bonds is 4. The molecule has 0 unspecified atom stereocenters. The van der Waals surface area contributed by atoms with Crippen molar-refractivity contribution < 1.29 is 4.74 Å². The summed E-state index contributed by atoms with van der Waals surface area (Å²) in [5.41, 5.74) is 3.26. The average Bonchev–Trinajstić information content (AvgIpc) is 3.21. The highest BCUT2D eigenvalue weighted by molar-refractivity contribution is 7.13. The molecule has 3 heterocycles. The van der Waals surface area contributed by atoms with Crippen LogP contribution in [0, 0.1) is 11.3 Å². The van der Waals surface area contributed by atoms with Gasteiger partial charge in [0.2, 0.25) is 5.95 Å². The summed E-state index contributed by atoms with van der Waals surface area (Å²) in [7, 11) is 0. The van der Waals surface area contributed by atoms with E-state index in [2.05, 4.69) is 37.3 Å². The Morgan fingerprint density at radius 2 is 2.04 bits per heavy atom. The van der Waals surface area contributed by atoms with Gasteiger partial charge in [-0.2, -0.15) is 5.26 Å². The molecule has 1 aliphatic rings. The molecule has 1 saturated heterocycles. The van der Waals surface area contributed by atoms with Gasteiger partial charge in [0.1, 0.15) is 0 Å². The third-order valence-electron chi connectivity index (χ3n) is 4.03. The average molecular weight is 364 g/mol. The Balaban J connectivity index is 1.67. The van der Waals surface area contributed by atoms with Crippen LogP contribution in [0.4, 0.5) is 16.8 Å². The molecule has 1 aromatic carbocycles. The number of nitriles is 1. The van der Waals surface area contributed by atoms with Crippen molar-refractivity contribution >= 4 is 28.1 Å². The lowest BCUT2D eigenvalue weighted by molar-refractivity contribution is 0.122. The van der Waals surface area contributed by atoms with E-state index in [-0.39, 0.29) is 0 Å². The summed E-state index contributed by atoms with van der Waals surface area (Å²) in [6.45, 7) is 3.02. The Kier molecular flexibility index (Phi) is 4.73. The quantitative estimate of drug-likeness (QED) is 0.761. The molecule has 1 fully saturated rings. The van der Waals surface area contributed by atoms with Gasteiger partial charge in [0, 0.05) is 42.1 Å². The number of hydrogen-bond donors (Lipinski definition) is 1. The number of ether oxygens (including phenoxy) is 1. The van der Waals surface area contributed by atoms with Gasteiger partial charge in [0.05, 0.1) is 30.5 Å². The summed E-state index contributed by atoms with van der Waals surface area (Å²) < 4.78 is 5.42. The minimum atomic E-state index is 0.479. The molecular weight excluding hydrogens is 348 g/mol. The molecule has 8 heteroatoms. The maximum atomic E-state index is 9.41. The summed E-state index contributed by atoms with van der Waals surface area (Å²) in [5, 5.41) is 15.1. The Morgan fingerprint density at radius 1 is 1.15 bits per heavy atom. The summed E-state index contributed by atoms with van der Waals surface area (Å²) in [5.74, 6) is 0.479. The monoisotopic (exact) mass is 364 g/mol. The highest BCUT2D eigenvalue weighted by Gasteiger charge is 2.14. The molecule has 1 N–H and O–H groups in total. The first-order valence-electron chi connectivity index (χ1n) is 8.20. The lowest BCUT2D eigenvalue weighted by atomic mass is 10.1. The van der Waals surface area contributed by atoms with Gasteiger partial charge in [-0.3, -0.25) is 0 Å². The molecule has 0 spiro atoms. The van der Waals surface area contributed by atoms with E-state index in [1.54, 1.807) is 12.4 Å². The minimum Gasteiger partial charge on any atom is -0.378 e. The van der Waals surface area contributed by atoms with E-state index in [4.69, 9.17) is 4.74 Å². The van der Waals surface area contributed by atoms with Crippen LogP contribution in [-0.2, 0) is 4.74 Å². The Morgan fingerprint density at radius 3 is 2.81 bits per heavy atom. The maximum Gasteiger partial charge on any atom is 0.229 e. The third-order valence-corrected chi connectivity index (χ3v) is 4.71. The highest BCUT2D eigenvalue weighted by atomic mass is 32.1. The van der Waals surface area contributed by atoms with Crippen LogP contribution in [0.5, 0.6) is 0 Å². The van der Waals surface area contributed by atoms with E-state index in [0.717, 1.165) is 35.2 Å². The number of aromatic nitrogens is 3. The van der Waals surface area contributed by atoms with Crippen molar-refractivity contribution in [2.45, 2.75) is 0 Å². The Bertz CT molecular complexity index is 931. The van der Waals surface area contributed by atoms with Crippen LogP contribution >= 0.6 is 11.3 Å². The minimum absolute atomic E-state index is 0.479. The molecule has 4 rings (SSSR count). The molecule has 0 amide bonds. The summed E-state index contributed by atoms with van der Waals surface area (Å²) >= 11 is 1.48. The van der Waals surface area contributed by atoms with E-state index in [0.29, 0.717) is 24.7 Å². The lowest BCUT2D eigenvalue weighted by Gasteiger charge is -2.29. The van der Waals surface area contributed by atoms with Crippen molar-refractivity contribution in [1.82, 2.24) is 15.0 Å². The molecule has 7 nitrogen and oxygen atoms in total. The van der Waals surface area contributed by atoms with E-state index >= 15 is 0 Å². The van der Waals surface area contributed by atoms with E-state index < -0.39 is 0 Å². The van der Waals surface area contributed by atoms with Crippen molar-refractivity contribution in [1.29, 1.82) is 5.26 Å². The fraction of sp³-hybridized carbons (Fsp3) is 0.222. The molecule has 0 atom stereocenters. The van der Waals surface area contributed by atoms with Gasteiger partial charge in [-0.1, -0.05) is 0 Å². The first-order valence-corrected chi connectivity index (χ1v) is 9.07. The maximum absolute atomic E-state index is 9.41. The first kappa shape index (κ1) is 16.4. The smallest absolute Gasteiger partial charge is 0.229 e. The number of anilines is 3. The predicted octanol–water partition coefficient (Wildman–Crippen LogP) is 3.05. The van der Waals surface area contributed by atoms with Crippen LogP contribution in [0.3, 0.4) is 0 Å². The summed E-state index contributed by atoms with van der Waals surface area (Å²) in [4.78, 5) is 15.2. The second-order valence-electron chi connectivity index (χ2n) is 5.71. The van der Waals surface area contributed by atoms with Gasteiger partial charge in [0.15, 0.2) is 5.13 Å². The third kappa shape index (κ3) is 3.64. The van der Waals surface area contributed by atoms with Gasteiger partial charge in [-0.25, -0.2) is 15.0 Å². The summed E-state index contributed by atoms with van der Waals surface area (Å²) in [6, 6.07) is 9.89. The number of thiazole rings is 1. The molecule has 0 bridgehead atoms. The van der Waals surface area contributed by atoms with Crippen LogP contribution in [0.15, 0.2) is 42.0 Å². The number of nitrogens with zero attached hydrogens (tertiary/aromatic N) is 5. The largest absolute Gasteiger partial charge is 0.378 e. The molecule has 0 saturated carbocycles. The number of hydrogen-bond acceptors (Lipinski definition) is 8. The molecule has 1 aliphatic heterocycles. The van der Waals surface area contributed by atoms with Crippen LogP contribution in [-0.4, -0.2) is 41.3 Å². The summed E-state index contributed by atoms with van der Waals surface area (Å²) in [6.07, 6.45) is 3.42. The van der Waals surface area contributed by atoms with Crippen LogP contribution in [0.1, 0.15) is 5.56 Å². The molecule has 130 valence electrons. The van der Waals surface area contributed by atoms with Crippen LogP contribution in [0.2, 0.25) is 0 Å². The number of benzene rings is 1. The topological polar surface area (TPSA) is 87.0 Å². The lowest BCUT2D eigenvalue weighted by Crippen LogP contribution is -2.36. The van der Waals surface area contributed by atoms with Gasteiger partial charge in [-0.15, -0.1) is 11.3 Å². The van der Waals surface area contributed by atoms with Gasteiger partial charge in [0.25, 0.3) is 0 Å². The van der Waals surface area contributed by atoms with Gasteiger partial charge in [-0.05, 0) is 24.3 Å². The normalized spacial score (nSPS) is 14.0. The highest BCUT2D eigenvalue weighted by Crippen LogP contribution is 2.27. The Hall–Kier alpha value is -3.02. The van der Waals surface area contributed by atoms with Crippen molar-refractivity contribution in [3.63, 3.8) is 0 Å². The van der Waals surface area contributed by atoms with Gasteiger partial charge >= 0.3 is 0 Å². The van der Waals surface area contributed by atoms with Crippen molar-refractivity contribution in [3.8, 4) is 17.3 Å². The van der Waals surface area contributed by atoms with Crippen molar-refractivity contribution in [2.24, 2.45) is 0 Å². The fourth-order valence-electron chi connectivity index (χ4n) is 2.79. The second-order valence-corrected chi connectivity index (χ2v) is 6.60. The molecule has 26 heavy (non-hydrogen) atoms. The van der Waals surface area contributed by atoms with E-state index in [1.807, 2.05) is 23.6 Å². The predicted molar refractivity (Wildman–Crippen MR) is 101 cm³/mol. The Labute approximate surface area is 154 Å². The SMILES string of the molecule is N#Cc1cc(-c2ccnc(Nc3nccs3)n2)cc(N2CCOCC2)c1. The zero-order chi connectivity index (χ0) is 17.8. The molecule has 2 aromatic heterocycles. The van der Waals surface area contributed by atoms with E-state index in [1.165, 1.54) is 11.3 Å². The number of morpholine rings is 1. The van der Waals surface area contributed by atoms with Crippen LogP contribution < -0.4 is 10.2 Å². The van der Waals surface area contributed by atoms with Gasteiger partial charge < -0.3 is 15.0 Å². The number of nitrogens with one attached hydrogen (secondary N) is 1. The fourth-order valence-corrected chi connectivity index (χ4v) is 3.31. The zero-order valence-electron chi connectivity index (χ0n) is 13.9. The van der Waals surface area contributed by atoms with Crippen molar-refractivity contribution in [2.75, 3.05) is 36.5 Å². The zero-order valence-corrected chi connectivity index (χ0v) is 14.7. The second kappa shape index (κ2) is 7.47. The molecule has 3 aromatic rings. The molecule has 0 radical (unpaired) electrons. The molecular formula is C18H16N6OS. The molecule has 0 aliphatic carbocycles. The first-order chi connectivity index (χ1) is 12.8. The standard InChI is InChI=1S/C18H16N6OS/c19-12-13-9-14(11-15(10-13)24-4-6-25-7-5-24)16-1-2-20-17(22-16)23-18-21-3-8-26-18/h1-3,8-11H,4-7H2,(H,20,21,22,23). The van der Waals surface area contributed by atoms with Crippen LogP contribution in [0.25, 0.3) is 11.3 Å². The van der Waals surface area contributed by atoms with Crippen molar-refractivity contribution in [3.05, 3.63) is 47.6 Å². The van der Waals surface area contributed by atoms with E-state index in [9.17, 15) is 5.26 Å².